The molecule has 0 unspecified atom stereocenters. The van der Waals surface area contributed by atoms with Gasteiger partial charge in [0.05, 0.1) is 18.2 Å². The van der Waals surface area contributed by atoms with E-state index >= 15 is 0 Å². The Morgan fingerprint density at radius 1 is 1.47 bits per heavy atom. The van der Waals surface area contributed by atoms with Crippen LogP contribution >= 0.6 is 11.6 Å². The van der Waals surface area contributed by atoms with Crippen LogP contribution in [0.2, 0.25) is 0 Å². The Balaban J connectivity index is 3.08. The van der Waals surface area contributed by atoms with Crippen LogP contribution in [0.4, 0.5) is 5.82 Å². The van der Waals surface area contributed by atoms with Gasteiger partial charge in [0, 0.05) is 32.3 Å². The third-order valence-electron chi connectivity index (χ3n) is 2.88. The molecule has 0 radical (unpaired) electrons. The van der Waals surface area contributed by atoms with Gasteiger partial charge in [-0.25, -0.2) is 0 Å². The highest BCUT2D eigenvalue weighted by molar-refractivity contribution is 6.17. The summed E-state index contributed by atoms with van der Waals surface area (Å²) in [6, 6.07) is 0.391. The maximum absolute atomic E-state index is 6.02. The zero-order chi connectivity index (χ0) is 13.0. The summed E-state index contributed by atoms with van der Waals surface area (Å²) in [6.45, 7) is 7.86. The lowest BCUT2D eigenvalue weighted by Crippen LogP contribution is -2.35. The maximum Gasteiger partial charge on any atom is 0.131 e. The van der Waals surface area contributed by atoms with Crippen molar-refractivity contribution in [3.8, 4) is 0 Å². The number of rotatable bonds is 6. The Kier molecular flexibility index (Phi) is 5.28. The maximum atomic E-state index is 6.02. The highest BCUT2D eigenvalue weighted by Crippen LogP contribution is 2.26. The normalized spacial score (nSPS) is 11.2. The zero-order valence-corrected chi connectivity index (χ0v) is 12.1. The molecule has 1 aromatic heterocycles. The summed E-state index contributed by atoms with van der Waals surface area (Å²) in [5.41, 5.74) is 2.11. The van der Waals surface area contributed by atoms with Crippen LogP contribution in [0.5, 0.6) is 0 Å². The molecule has 0 aliphatic rings. The van der Waals surface area contributed by atoms with Gasteiger partial charge < -0.3 is 9.64 Å². The SMILES string of the molecule is COCCN(c1c(CCl)c(C)nn1C)C(C)C. The van der Waals surface area contributed by atoms with Crippen molar-refractivity contribution in [1.82, 2.24) is 9.78 Å². The predicted molar refractivity (Wildman–Crippen MR) is 71.9 cm³/mol. The number of hydrogen-bond acceptors (Lipinski definition) is 3. The second-order valence-corrected chi connectivity index (χ2v) is 4.69. The van der Waals surface area contributed by atoms with E-state index in [1.54, 1.807) is 7.11 Å². The number of alkyl halides is 1. The fraction of sp³-hybridized carbons (Fsp3) is 0.750. The van der Waals surface area contributed by atoms with Gasteiger partial charge in [-0.15, -0.1) is 11.6 Å². The highest BCUT2D eigenvalue weighted by atomic mass is 35.5. The van der Waals surface area contributed by atoms with E-state index in [-0.39, 0.29) is 0 Å². The minimum Gasteiger partial charge on any atom is -0.383 e. The largest absolute Gasteiger partial charge is 0.383 e. The van der Waals surface area contributed by atoms with Crippen molar-refractivity contribution in [3.05, 3.63) is 11.3 Å². The molecule has 1 aromatic rings. The van der Waals surface area contributed by atoms with Gasteiger partial charge in [-0.05, 0) is 20.8 Å². The van der Waals surface area contributed by atoms with Gasteiger partial charge in [0.1, 0.15) is 5.82 Å². The fourth-order valence-electron chi connectivity index (χ4n) is 2.00. The minimum absolute atomic E-state index is 0.391. The van der Waals surface area contributed by atoms with Gasteiger partial charge in [0.15, 0.2) is 0 Å². The summed E-state index contributed by atoms with van der Waals surface area (Å²) in [7, 11) is 3.68. The summed E-state index contributed by atoms with van der Waals surface area (Å²) in [6.07, 6.45) is 0. The first-order chi connectivity index (χ1) is 8.02. The van der Waals surface area contributed by atoms with E-state index in [0.717, 1.165) is 23.6 Å². The van der Waals surface area contributed by atoms with Crippen molar-refractivity contribution >= 4 is 17.4 Å². The molecule has 0 aliphatic carbocycles. The fourth-order valence-corrected chi connectivity index (χ4v) is 2.32. The van der Waals surface area contributed by atoms with Gasteiger partial charge in [-0.3, -0.25) is 4.68 Å². The minimum atomic E-state index is 0.391. The monoisotopic (exact) mass is 259 g/mol. The number of ether oxygens (including phenoxy) is 1. The molecule has 0 atom stereocenters. The van der Waals surface area contributed by atoms with Crippen molar-refractivity contribution in [3.63, 3.8) is 0 Å². The Morgan fingerprint density at radius 3 is 2.59 bits per heavy atom. The van der Waals surface area contributed by atoms with Crippen LogP contribution < -0.4 is 4.90 Å². The molecule has 5 heteroatoms. The van der Waals surface area contributed by atoms with E-state index in [2.05, 4.69) is 23.8 Å². The van der Waals surface area contributed by atoms with E-state index in [4.69, 9.17) is 16.3 Å². The van der Waals surface area contributed by atoms with Crippen LogP contribution in [0.1, 0.15) is 25.1 Å². The van der Waals surface area contributed by atoms with Gasteiger partial charge in [0.2, 0.25) is 0 Å². The van der Waals surface area contributed by atoms with E-state index in [9.17, 15) is 0 Å². The van der Waals surface area contributed by atoms with Gasteiger partial charge in [-0.1, -0.05) is 0 Å². The second-order valence-electron chi connectivity index (χ2n) is 4.42. The molecule has 17 heavy (non-hydrogen) atoms. The molecule has 0 bridgehead atoms. The number of methoxy groups -OCH3 is 1. The average Bonchev–Trinajstić information content (AvgIpc) is 2.54. The quantitative estimate of drug-likeness (QED) is 0.735. The Hall–Kier alpha value is -0.740. The summed E-state index contributed by atoms with van der Waals surface area (Å²) in [5, 5.41) is 4.44. The lowest BCUT2D eigenvalue weighted by molar-refractivity contribution is 0.203. The van der Waals surface area contributed by atoms with Gasteiger partial charge in [-0.2, -0.15) is 5.10 Å². The highest BCUT2D eigenvalue weighted by Gasteiger charge is 2.20. The summed E-state index contributed by atoms with van der Waals surface area (Å²) >= 11 is 6.02. The first-order valence-electron chi connectivity index (χ1n) is 5.86. The number of aromatic nitrogens is 2. The Bertz CT molecular complexity index is 363. The molecule has 0 saturated carbocycles. The van der Waals surface area contributed by atoms with Crippen molar-refractivity contribution in [2.75, 3.05) is 25.2 Å². The van der Waals surface area contributed by atoms with Gasteiger partial charge in [0.25, 0.3) is 0 Å². The number of hydrogen-bond donors (Lipinski definition) is 0. The topological polar surface area (TPSA) is 30.3 Å². The number of aryl methyl sites for hydroxylation is 2. The molecular formula is C12H22ClN3O. The van der Waals surface area contributed by atoms with Crippen LogP contribution in [0.15, 0.2) is 0 Å². The number of halogens is 1. The molecular weight excluding hydrogens is 238 g/mol. The van der Waals surface area contributed by atoms with E-state index < -0.39 is 0 Å². The van der Waals surface area contributed by atoms with Crippen molar-refractivity contribution in [1.29, 1.82) is 0 Å². The van der Waals surface area contributed by atoms with Crippen molar-refractivity contribution < 1.29 is 4.74 Å². The smallest absolute Gasteiger partial charge is 0.131 e. The Labute approximate surface area is 108 Å². The molecule has 1 heterocycles. The molecule has 0 amide bonds. The van der Waals surface area contributed by atoms with Crippen LogP contribution in [-0.4, -0.2) is 36.1 Å². The van der Waals surface area contributed by atoms with Gasteiger partial charge >= 0.3 is 0 Å². The molecule has 4 nitrogen and oxygen atoms in total. The lowest BCUT2D eigenvalue weighted by atomic mass is 10.2. The van der Waals surface area contributed by atoms with Crippen LogP contribution in [0.3, 0.4) is 0 Å². The third kappa shape index (κ3) is 3.13. The van der Waals surface area contributed by atoms with Crippen molar-refractivity contribution in [2.45, 2.75) is 32.7 Å². The molecule has 0 saturated heterocycles. The molecule has 0 aliphatic heterocycles. The molecule has 0 aromatic carbocycles. The molecule has 0 spiro atoms. The molecule has 98 valence electrons. The average molecular weight is 260 g/mol. The van der Waals surface area contributed by atoms with E-state index in [1.807, 2.05) is 18.7 Å². The Morgan fingerprint density at radius 2 is 2.12 bits per heavy atom. The van der Waals surface area contributed by atoms with Crippen LogP contribution in [0, 0.1) is 6.92 Å². The number of nitrogens with zero attached hydrogens (tertiary/aromatic N) is 3. The lowest BCUT2D eigenvalue weighted by Gasteiger charge is -2.29. The van der Waals surface area contributed by atoms with E-state index in [0.29, 0.717) is 18.5 Å². The standard InChI is InChI=1S/C12H22ClN3O/c1-9(2)16(6-7-17-5)12-11(8-13)10(3)14-15(12)4/h9H,6-8H2,1-5H3. The summed E-state index contributed by atoms with van der Waals surface area (Å²) in [5.74, 6) is 1.59. The van der Waals surface area contributed by atoms with E-state index in [1.165, 1.54) is 0 Å². The molecule has 1 rings (SSSR count). The van der Waals surface area contributed by atoms with Crippen LogP contribution in [-0.2, 0) is 17.7 Å². The second kappa shape index (κ2) is 6.26. The number of anilines is 1. The molecule has 0 fully saturated rings. The predicted octanol–water partition coefficient (Wildman–Crippen LogP) is 2.33. The third-order valence-corrected chi connectivity index (χ3v) is 3.15. The zero-order valence-electron chi connectivity index (χ0n) is 11.3. The summed E-state index contributed by atoms with van der Waals surface area (Å²) in [4.78, 5) is 2.28. The molecule has 0 N–H and O–H groups in total. The van der Waals surface area contributed by atoms with Crippen LogP contribution in [0.25, 0.3) is 0 Å². The van der Waals surface area contributed by atoms with Crippen molar-refractivity contribution in [2.24, 2.45) is 7.05 Å². The first kappa shape index (κ1) is 14.3. The first-order valence-corrected chi connectivity index (χ1v) is 6.40. The summed E-state index contributed by atoms with van der Waals surface area (Å²) < 4.78 is 7.07.